The second kappa shape index (κ2) is 5.41. The molecule has 0 aliphatic carbocycles. The summed E-state index contributed by atoms with van der Waals surface area (Å²) in [4.78, 5) is 0. The van der Waals surface area contributed by atoms with E-state index < -0.39 is 37.0 Å². The van der Waals surface area contributed by atoms with Crippen molar-refractivity contribution < 1.29 is 35.0 Å². The quantitative estimate of drug-likeness (QED) is 0.411. The van der Waals surface area contributed by atoms with E-state index in [1.807, 2.05) is 0 Å². The third-order valence-electron chi connectivity index (χ3n) is 2.94. The molecule has 0 unspecified atom stereocenters. The van der Waals surface area contributed by atoms with Gasteiger partial charge in [-0.05, 0) is 12.1 Å². The van der Waals surface area contributed by atoms with Gasteiger partial charge in [-0.25, -0.2) is 0 Å². The Labute approximate surface area is 109 Å². The molecule has 7 nitrogen and oxygen atoms in total. The Kier molecular flexibility index (Phi) is 4.04. The summed E-state index contributed by atoms with van der Waals surface area (Å²) in [5.74, 6) is -2.35. The summed E-state index contributed by atoms with van der Waals surface area (Å²) in [7, 11) is 0. The van der Waals surface area contributed by atoms with Crippen LogP contribution in [0.5, 0.6) is 5.75 Å². The first kappa shape index (κ1) is 14.2. The van der Waals surface area contributed by atoms with Crippen LogP contribution in [0.25, 0.3) is 0 Å². The van der Waals surface area contributed by atoms with E-state index in [2.05, 4.69) is 0 Å². The van der Waals surface area contributed by atoms with Crippen LogP contribution in [-0.2, 0) is 4.74 Å². The van der Waals surface area contributed by atoms with E-state index in [1.54, 1.807) is 18.2 Å². The molecule has 1 aliphatic heterocycles. The number of aliphatic hydroxyl groups excluding tert-OH is 4. The lowest BCUT2D eigenvalue weighted by molar-refractivity contribution is -0.422. The number of hydrogen-bond acceptors (Lipinski definition) is 7. The summed E-state index contributed by atoms with van der Waals surface area (Å²) < 4.78 is 10.1. The smallest absolute Gasteiger partial charge is 0.355 e. The molecule has 1 heterocycles. The molecule has 106 valence electrons. The van der Waals surface area contributed by atoms with Crippen molar-refractivity contribution in [1.82, 2.24) is 0 Å². The molecule has 2 rings (SSSR count). The van der Waals surface area contributed by atoms with Gasteiger partial charge in [0.05, 0.1) is 6.61 Å². The van der Waals surface area contributed by atoms with Crippen LogP contribution in [0.4, 0.5) is 0 Å². The molecule has 0 radical (unpaired) electrons. The maximum absolute atomic E-state index is 10.1. The van der Waals surface area contributed by atoms with Crippen molar-refractivity contribution in [3.05, 3.63) is 30.3 Å². The van der Waals surface area contributed by atoms with Crippen molar-refractivity contribution in [1.29, 1.82) is 0 Å². The molecule has 1 aromatic rings. The lowest BCUT2D eigenvalue weighted by Crippen LogP contribution is -2.67. The Morgan fingerprint density at radius 2 is 1.74 bits per heavy atom. The number of benzene rings is 1. The Hall–Kier alpha value is -1.22. The van der Waals surface area contributed by atoms with E-state index in [-0.39, 0.29) is 5.75 Å². The maximum Gasteiger partial charge on any atom is 0.355 e. The van der Waals surface area contributed by atoms with Gasteiger partial charge in [0.2, 0.25) is 0 Å². The van der Waals surface area contributed by atoms with Gasteiger partial charge in [0.15, 0.2) is 6.10 Å². The highest BCUT2D eigenvalue weighted by molar-refractivity contribution is 5.21. The number of hydrogen-bond donors (Lipinski definition) is 5. The monoisotopic (exact) mass is 272 g/mol. The standard InChI is InChI=1S/C12H16O7/c13-6-8-9(14)10(15)11(16)12(17,19-8)18-7-4-2-1-3-5-7/h1-5,8-11,13-17H,6H2/t8-,9-,10+,11-,12+/m1/s1. The fourth-order valence-corrected chi connectivity index (χ4v) is 1.87. The van der Waals surface area contributed by atoms with E-state index in [1.165, 1.54) is 12.1 Å². The van der Waals surface area contributed by atoms with Crippen LogP contribution in [0.2, 0.25) is 0 Å². The zero-order valence-electron chi connectivity index (χ0n) is 9.96. The van der Waals surface area contributed by atoms with Gasteiger partial charge in [-0.1, -0.05) is 18.2 Å². The third kappa shape index (κ3) is 2.71. The number of aliphatic hydroxyl groups is 5. The van der Waals surface area contributed by atoms with Gasteiger partial charge < -0.3 is 35.0 Å². The molecule has 5 atom stereocenters. The molecule has 1 fully saturated rings. The molecule has 5 N–H and O–H groups in total. The molecule has 0 bridgehead atoms. The van der Waals surface area contributed by atoms with E-state index in [0.717, 1.165) is 0 Å². The van der Waals surface area contributed by atoms with Gasteiger partial charge in [-0.3, -0.25) is 0 Å². The fraction of sp³-hybridized carbons (Fsp3) is 0.500. The summed E-state index contributed by atoms with van der Waals surface area (Å²) in [5.41, 5.74) is 0. The zero-order valence-corrected chi connectivity index (χ0v) is 9.96. The first-order valence-electron chi connectivity index (χ1n) is 5.77. The minimum atomic E-state index is -2.55. The van der Waals surface area contributed by atoms with E-state index in [4.69, 9.17) is 14.6 Å². The molecule has 1 aromatic carbocycles. The van der Waals surface area contributed by atoms with E-state index >= 15 is 0 Å². The average Bonchev–Trinajstić information content (AvgIpc) is 2.42. The highest BCUT2D eigenvalue weighted by Gasteiger charge is 2.55. The topological polar surface area (TPSA) is 120 Å². The summed E-state index contributed by atoms with van der Waals surface area (Å²) in [5, 5.41) is 48.1. The Bertz CT molecular complexity index is 410. The van der Waals surface area contributed by atoms with Crippen molar-refractivity contribution in [2.45, 2.75) is 30.4 Å². The fourth-order valence-electron chi connectivity index (χ4n) is 1.87. The second-order valence-electron chi connectivity index (χ2n) is 4.31. The van der Waals surface area contributed by atoms with Crippen LogP contribution in [-0.4, -0.2) is 62.5 Å². The molecule has 0 saturated carbocycles. The molecule has 0 amide bonds. The van der Waals surface area contributed by atoms with Crippen LogP contribution in [0, 0.1) is 0 Å². The summed E-state index contributed by atoms with van der Waals surface area (Å²) in [6.45, 7) is -0.647. The normalized spacial score (nSPS) is 39.0. The minimum absolute atomic E-state index is 0.198. The van der Waals surface area contributed by atoms with Crippen LogP contribution in [0.1, 0.15) is 0 Å². The summed E-state index contributed by atoms with van der Waals surface area (Å²) in [6, 6.07) is 8.04. The van der Waals surface area contributed by atoms with Gasteiger partial charge in [-0.2, -0.15) is 0 Å². The lowest BCUT2D eigenvalue weighted by Gasteiger charge is -2.44. The SMILES string of the molecule is OC[C@H]1O[C@@](O)(Oc2ccccc2)[C@H](O)[C@@H](O)[C@@H]1O. The highest BCUT2D eigenvalue weighted by atomic mass is 16.8. The first-order chi connectivity index (χ1) is 8.98. The largest absolute Gasteiger partial charge is 0.437 e. The zero-order chi connectivity index (χ0) is 14.0. The molecule has 19 heavy (non-hydrogen) atoms. The molecule has 7 heteroatoms. The average molecular weight is 272 g/mol. The lowest BCUT2D eigenvalue weighted by atomic mass is 9.98. The number of rotatable bonds is 3. The second-order valence-corrected chi connectivity index (χ2v) is 4.31. The molecule has 1 aliphatic rings. The molecule has 1 saturated heterocycles. The van der Waals surface area contributed by atoms with Crippen molar-refractivity contribution in [2.24, 2.45) is 0 Å². The summed E-state index contributed by atoms with van der Waals surface area (Å²) in [6.07, 6.45) is -6.39. The van der Waals surface area contributed by atoms with Gasteiger partial charge in [0, 0.05) is 0 Å². The van der Waals surface area contributed by atoms with Gasteiger partial charge in [-0.15, -0.1) is 0 Å². The van der Waals surface area contributed by atoms with Crippen molar-refractivity contribution in [3.8, 4) is 5.75 Å². The van der Waals surface area contributed by atoms with Crippen molar-refractivity contribution >= 4 is 0 Å². The van der Waals surface area contributed by atoms with Crippen molar-refractivity contribution in [3.63, 3.8) is 0 Å². The van der Waals surface area contributed by atoms with E-state index in [0.29, 0.717) is 0 Å². The van der Waals surface area contributed by atoms with E-state index in [9.17, 15) is 20.4 Å². The molecule has 0 spiro atoms. The van der Waals surface area contributed by atoms with Crippen LogP contribution in [0.15, 0.2) is 30.3 Å². The Balaban J connectivity index is 2.21. The van der Waals surface area contributed by atoms with Crippen LogP contribution >= 0.6 is 0 Å². The first-order valence-corrected chi connectivity index (χ1v) is 5.77. The highest BCUT2D eigenvalue weighted by Crippen LogP contribution is 2.30. The summed E-state index contributed by atoms with van der Waals surface area (Å²) >= 11 is 0. The Morgan fingerprint density at radius 1 is 1.11 bits per heavy atom. The Morgan fingerprint density at radius 3 is 2.32 bits per heavy atom. The van der Waals surface area contributed by atoms with Gasteiger partial charge in [0.1, 0.15) is 24.1 Å². The minimum Gasteiger partial charge on any atom is -0.437 e. The molecule has 0 aromatic heterocycles. The number of ether oxygens (including phenoxy) is 2. The van der Waals surface area contributed by atoms with Gasteiger partial charge >= 0.3 is 5.97 Å². The van der Waals surface area contributed by atoms with Crippen LogP contribution in [0.3, 0.4) is 0 Å². The predicted octanol–water partition coefficient (Wildman–Crippen LogP) is -1.81. The molecular formula is C12H16O7. The van der Waals surface area contributed by atoms with Gasteiger partial charge in [0.25, 0.3) is 0 Å². The third-order valence-corrected chi connectivity index (χ3v) is 2.94. The predicted molar refractivity (Wildman–Crippen MR) is 62.0 cm³/mol. The van der Waals surface area contributed by atoms with Crippen molar-refractivity contribution in [2.75, 3.05) is 6.61 Å². The number of para-hydroxylation sites is 1. The van der Waals surface area contributed by atoms with Crippen LogP contribution < -0.4 is 4.74 Å². The maximum atomic E-state index is 10.1. The molecular weight excluding hydrogens is 256 g/mol.